The van der Waals surface area contributed by atoms with Crippen LogP contribution in [0.1, 0.15) is 24.5 Å². The van der Waals surface area contributed by atoms with Gasteiger partial charge in [0.2, 0.25) is 9.84 Å². The second-order valence-corrected chi connectivity index (χ2v) is 6.01. The molecule has 0 atom stereocenters. The van der Waals surface area contributed by atoms with Crippen LogP contribution in [0.4, 0.5) is 0 Å². The Labute approximate surface area is 94.7 Å². The lowest BCUT2D eigenvalue weighted by Gasteiger charge is -2.01. The number of aryl methyl sites for hydroxylation is 1. The van der Waals surface area contributed by atoms with Gasteiger partial charge in [-0.25, -0.2) is 8.42 Å². The van der Waals surface area contributed by atoms with Crippen LogP contribution in [0.25, 0.3) is 6.08 Å². The quantitative estimate of drug-likeness (QED) is 0.790. The zero-order valence-electron chi connectivity index (χ0n) is 9.15. The van der Waals surface area contributed by atoms with Crippen molar-refractivity contribution in [2.45, 2.75) is 25.2 Å². The van der Waals surface area contributed by atoms with Gasteiger partial charge in [-0.3, -0.25) is 4.79 Å². The van der Waals surface area contributed by atoms with Crippen molar-refractivity contribution < 1.29 is 13.2 Å². The van der Waals surface area contributed by atoms with Crippen molar-refractivity contribution in [3.63, 3.8) is 0 Å². The number of Topliss-reactive ketones (excluding diaryl/α,β-unsaturated/α-hetero) is 1. The molecule has 0 spiro atoms. The van der Waals surface area contributed by atoms with E-state index in [0.717, 1.165) is 5.56 Å². The van der Waals surface area contributed by atoms with Crippen molar-refractivity contribution in [3.05, 3.63) is 34.2 Å². The SMILES string of the molecule is CC(=O)CC1=Cc2cc(C)ccc2S1(=O)=O. The molecule has 3 nitrogen and oxygen atoms in total. The fourth-order valence-corrected chi connectivity index (χ4v) is 3.44. The summed E-state index contributed by atoms with van der Waals surface area (Å²) in [4.78, 5) is 11.5. The first-order valence-corrected chi connectivity index (χ1v) is 6.45. The number of carbonyl (C=O) groups is 1. The predicted molar refractivity (Wildman–Crippen MR) is 61.6 cm³/mol. The van der Waals surface area contributed by atoms with Gasteiger partial charge >= 0.3 is 0 Å². The molecule has 0 amide bonds. The van der Waals surface area contributed by atoms with Crippen LogP contribution in [0.5, 0.6) is 0 Å². The number of rotatable bonds is 2. The minimum atomic E-state index is -3.42. The summed E-state index contributed by atoms with van der Waals surface area (Å²) >= 11 is 0. The molecule has 1 aromatic rings. The van der Waals surface area contributed by atoms with Crippen molar-refractivity contribution in [2.24, 2.45) is 0 Å². The second-order valence-electron chi connectivity index (χ2n) is 4.03. The normalized spacial score (nSPS) is 16.8. The van der Waals surface area contributed by atoms with E-state index in [0.29, 0.717) is 10.5 Å². The molecular weight excluding hydrogens is 224 g/mol. The van der Waals surface area contributed by atoms with Crippen molar-refractivity contribution in [1.29, 1.82) is 0 Å². The Kier molecular flexibility index (Phi) is 2.46. The van der Waals surface area contributed by atoms with Crippen LogP contribution in [0.2, 0.25) is 0 Å². The topological polar surface area (TPSA) is 51.2 Å². The molecule has 0 N–H and O–H groups in total. The van der Waals surface area contributed by atoms with Gasteiger partial charge in [-0.1, -0.05) is 17.7 Å². The third kappa shape index (κ3) is 1.69. The average Bonchev–Trinajstić information content (AvgIpc) is 2.37. The Hall–Kier alpha value is -1.42. The van der Waals surface area contributed by atoms with Gasteiger partial charge in [0.15, 0.2) is 0 Å². The number of hydrogen-bond acceptors (Lipinski definition) is 3. The van der Waals surface area contributed by atoms with Gasteiger partial charge in [0, 0.05) is 6.42 Å². The Morgan fingerprint density at radius 3 is 2.62 bits per heavy atom. The highest BCUT2D eigenvalue weighted by Crippen LogP contribution is 2.34. The Morgan fingerprint density at radius 1 is 1.31 bits per heavy atom. The number of sulfone groups is 1. The van der Waals surface area contributed by atoms with Gasteiger partial charge in [-0.15, -0.1) is 0 Å². The van der Waals surface area contributed by atoms with Crippen LogP contribution in [-0.2, 0) is 14.6 Å². The molecule has 0 fully saturated rings. The summed E-state index contributed by atoms with van der Waals surface area (Å²) in [6, 6.07) is 5.19. The molecule has 1 heterocycles. The monoisotopic (exact) mass is 236 g/mol. The molecule has 16 heavy (non-hydrogen) atoms. The molecule has 0 aromatic heterocycles. The molecule has 84 valence electrons. The summed E-state index contributed by atoms with van der Waals surface area (Å²) in [5, 5.41) is 0. The minimum Gasteiger partial charge on any atom is -0.300 e. The van der Waals surface area contributed by atoms with Crippen LogP contribution in [0.3, 0.4) is 0 Å². The Bertz CT molecular complexity index is 595. The van der Waals surface area contributed by atoms with Gasteiger partial charge in [0.1, 0.15) is 5.78 Å². The van der Waals surface area contributed by atoms with Gasteiger partial charge < -0.3 is 0 Å². The van der Waals surface area contributed by atoms with E-state index in [1.165, 1.54) is 6.92 Å². The van der Waals surface area contributed by atoms with E-state index in [4.69, 9.17) is 0 Å². The van der Waals surface area contributed by atoms with Gasteiger partial charge in [0.25, 0.3) is 0 Å². The van der Waals surface area contributed by atoms with Crippen LogP contribution in [0, 0.1) is 6.92 Å². The molecule has 0 radical (unpaired) electrons. The van der Waals surface area contributed by atoms with E-state index in [9.17, 15) is 13.2 Å². The lowest BCUT2D eigenvalue weighted by atomic mass is 10.1. The van der Waals surface area contributed by atoms with E-state index < -0.39 is 9.84 Å². The van der Waals surface area contributed by atoms with E-state index in [1.54, 1.807) is 18.2 Å². The highest BCUT2D eigenvalue weighted by atomic mass is 32.2. The molecule has 4 heteroatoms. The maximum atomic E-state index is 12.0. The maximum absolute atomic E-state index is 12.0. The summed E-state index contributed by atoms with van der Waals surface area (Å²) in [6.45, 7) is 3.30. The van der Waals surface area contributed by atoms with Gasteiger partial charge in [-0.2, -0.15) is 0 Å². The highest BCUT2D eigenvalue weighted by molar-refractivity contribution is 7.95. The first kappa shape index (κ1) is 11.1. The van der Waals surface area contributed by atoms with Gasteiger partial charge in [-0.05, 0) is 31.6 Å². The maximum Gasteiger partial charge on any atom is 0.203 e. The second kappa shape index (κ2) is 3.56. The lowest BCUT2D eigenvalue weighted by molar-refractivity contribution is -0.116. The molecule has 1 aliphatic rings. The number of fused-ring (bicyclic) bond motifs is 1. The van der Waals surface area contributed by atoms with Crippen molar-refractivity contribution >= 4 is 21.7 Å². The molecular formula is C12H12O3S. The highest BCUT2D eigenvalue weighted by Gasteiger charge is 2.29. The number of hydrogen-bond donors (Lipinski definition) is 0. The Morgan fingerprint density at radius 2 is 2.00 bits per heavy atom. The molecule has 0 unspecified atom stereocenters. The van der Waals surface area contributed by atoms with Crippen molar-refractivity contribution in [2.75, 3.05) is 0 Å². The van der Waals surface area contributed by atoms with Gasteiger partial charge in [0.05, 0.1) is 9.80 Å². The molecule has 2 rings (SSSR count). The van der Waals surface area contributed by atoms with E-state index in [2.05, 4.69) is 0 Å². The van der Waals surface area contributed by atoms with Crippen LogP contribution in [-0.4, -0.2) is 14.2 Å². The molecule has 1 aliphatic heterocycles. The van der Waals surface area contributed by atoms with Crippen molar-refractivity contribution in [1.82, 2.24) is 0 Å². The fraction of sp³-hybridized carbons (Fsp3) is 0.250. The van der Waals surface area contributed by atoms with E-state index in [-0.39, 0.29) is 17.1 Å². The third-order valence-corrected chi connectivity index (χ3v) is 4.44. The first-order chi connectivity index (χ1) is 7.41. The average molecular weight is 236 g/mol. The summed E-state index contributed by atoms with van der Waals surface area (Å²) in [5.41, 5.74) is 1.70. The summed E-state index contributed by atoms with van der Waals surface area (Å²) < 4.78 is 24.0. The first-order valence-electron chi connectivity index (χ1n) is 4.97. The van der Waals surface area contributed by atoms with E-state index >= 15 is 0 Å². The molecule has 0 bridgehead atoms. The lowest BCUT2D eigenvalue weighted by Crippen LogP contribution is -2.04. The summed E-state index contributed by atoms with van der Waals surface area (Å²) in [6.07, 6.45) is 1.58. The standard InChI is InChI=1S/C12H12O3S/c1-8-3-4-12-10(5-8)7-11(6-9(2)13)16(12,14)15/h3-5,7H,6H2,1-2H3. The summed E-state index contributed by atoms with van der Waals surface area (Å²) in [7, 11) is -3.42. The molecule has 0 aliphatic carbocycles. The zero-order chi connectivity index (χ0) is 11.9. The smallest absolute Gasteiger partial charge is 0.203 e. The van der Waals surface area contributed by atoms with Crippen LogP contribution >= 0.6 is 0 Å². The van der Waals surface area contributed by atoms with Crippen molar-refractivity contribution in [3.8, 4) is 0 Å². The number of ketones is 1. The largest absolute Gasteiger partial charge is 0.300 e. The molecule has 0 saturated carbocycles. The number of benzene rings is 1. The number of allylic oxidation sites excluding steroid dienone is 1. The zero-order valence-corrected chi connectivity index (χ0v) is 9.97. The van der Waals surface area contributed by atoms with Crippen LogP contribution < -0.4 is 0 Å². The predicted octanol–water partition coefficient (Wildman–Crippen LogP) is 2.10. The summed E-state index contributed by atoms with van der Waals surface area (Å²) in [5.74, 6) is -0.139. The molecule has 0 saturated heterocycles. The Balaban J connectivity index is 2.56. The minimum absolute atomic E-state index is 0.0178. The fourth-order valence-electron chi connectivity index (χ4n) is 1.81. The van der Waals surface area contributed by atoms with Crippen LogP contribution in [0.15, 0.2) is 28.0 Å². The third-order valence-electron chi connectivity index (χ3n) is 2.54. The number of carbonyl (C=O) groups excluding carboxylic acids is 1. The molecule has 1 aromatic carbocycles. The van der Waals surface area contributed by atoms with E-state index in [1.807, 2.05) is 13.0 Å².